The SMILES string of the molecule is O=C(NCc1ccc(NC(=O)c2ccco2)cc1)c1ccc([N+](=O)[O-])cc1. The van der Waals surface area contributed by atoms with E-state index in [1.54, 1.807) is 36.4 Å². The Balaban J connectivity index is 1.54. The van der Waals surface area contributed by atoms with E-state index >= 15 is 0 Å². The summed E-state index contributed by atoms with van der Waals surface area (Å²) in [4.78, 5) is 34.1. The number of furan rings is 1. The van der Waals surface area contributed by atoms with Gasteiger partial charge < -0.3 is 15.1 Å². The highest BCUT2D eigenvalue weighted by Gasteiger charge is 2.10. The third kappa shape index (κ3) is 4.57. The number of hydrogen-bond acceptors (Lipinski definition) is 5. The van der Waals surface area contributed by atoms with Crippen molar-refractivity contribution in [2.24, 2.45) is 0 Å². The molecular formula is C19H15N3O5. The molecule has 0 bridgehead atoms. The summed E-state index contributed by atoms with van der Waals surface area (Å²) in [6.07, 6.45) is 1.42. The zero-order chi connectivity index (χ0) is 19.2. The van der Waals surface area contributed by atoms with E-state index in [1.807, 2.05) is 0 Å². The molecule has 3 rings (SSSR count). The lowest BCUT2D eigenvalue weighted by Crippen LogP contribution is -2.22. The van der Waals surface area contributed by atoms with Gasteiger partial charge >= 0.3 is 0 Å². The Morgan fingerprint density at radius 3 is 2.26 bits per heavy atom. The average Bonchev–Trinajstić information content (AvgIpc) is 3.22. The molecule has 0 spiro atoms. The summed E-state index contributed by atoms with van der Waals surface area (Å²) < 4.78 is 5.02. The molecule has 2 amide bonds. The van der Waals surface area contributed by atoms with E-state index in [4.69, 9.17) is 4.42 Å². The lowest BCUT2D eigenvalue weighted by molar-refractivity contribution is -0.384. The van der Waals surface area contributed by atoms with Gasteiger partial charge in [0, 0.05) is 29.9 Å². The number of carbonyl (C=O) groups is 2. The molecule has 0 fully saturated rings. The number of amides is 2. The van der Waals surface area contributed by atoms with Crippen molar-refractivity contribution >= 4 is 23.2 Å². The van der Waals surface area contributed by atoms with E-state index in [0.29, 0.717) is 11.3 Å². The van der Waals surface area contributed by atoms with Gasteiger partial charge in [-0.3, -0.25) is 19.7 Å². The van der Waals surface area contributed by atoms with Crippen LogP contribution in [0.2, 0.25) is 0 Å². The number of nitro groups is 1. The fourth-order valence-corrected chi connectivity index (χ4v) is 2.33. The molecule has 3 aromatic rings. The minimum atomic E-state index is -0.520. The second-order valence-electron chi connectivity index (χ2n) is 5.62. The highest BCUT2D eigenvalue weighted by Crippen LogP contribution is 2.13. The molecule has 8 nitrogen and oxygen atoms in total. The van der Waals surface area contributed by atoms with Gasteiger partial charge in [-0.2, -0.15) is 0 Å². The Labute approximate surface area is 154 Å². The van der Waals surface area contributed by atoms with E-state index in [2.05, 4.69) is 10.6 Å². The Morgan fingerprint density at radius 1 is 0.963 bits per heavy atom. The number of hydrogen-bond donors (Lipinski definition) is 2. The standard InChI is InChI=1S/C19H15N3O5/c23-18(14-5-9-16(10-6-14)22(25)26)20-12-13-3-7-15(8-4-13)21-19(24)17-2-1-11-27-17/h1-11H,12H2,(H,20,23)(H,21,24). The van der Waals surface area contributed by atoms with E-state index < -0.39 is 4.92 Å². The lowest BCUT2D eigenvalue weighted by atomic mass is 10.1. The van der Waals surface area contributed by atoms with Crippen LogP contribution < -0.4 is 10.6 Å². The summed E-state index contributed by atoms with van der Waals surface area (Å²) in [5.41, 5.74) is 1.70. The molecule has 0 aliphatic carbocycles. The summed E-state index contributed by atoms with van der Waals surface area (Å²) in [7, 11) is 0. The van der Waals surface area contributed by atoms with Crippen LogP contribution in [0.1, 0.15) is 26.5 Å². The summed E-state index contributed by atoms with van der Waals surface area (Å²) in [5, 5.41) is 16.1. The van der Waals surface area contributed by atoms with Crippen LogP contribution in [-0.4, -0.2) is 16.7 Å². The Hall–Kier alpha value is -3.94. The number of benzene rings is 2. The maximum Gasteiger partial charge on any atom is 0.291 e. The lowest BCUT2D eigenvalue weighted by Gasteiger charge is -2.07. The number of anilines is 1. The third-order valence-corrected chi connectivity index (χ3v) is 3.75. The third-order valence-electron chi connectivity index (χ3n) is 3.75. The summed E-state index contributed by atoms with van der Waals surface area (Å²) >= 11 is 0. The minimum Gasteiger partial charge on any atom is -0.459 e. The molecule has 0 atom stereocenters. The van der Waals surface area contributed by atoms with Crippen LogP contribution in [-0.2, 0) is 6.54 Å². The average molecular weight is 365 g/mol. The molecule has 1 aromatic heterocycles. The van der Waals surface area contributed by atoms with Crippen LogP contribution in [0.4, 0.5) is 11.4 Å². The first-order chi connectivity index (χ1) is 13.0. The van der Waals surface area contributed by atoms with Gasteiger partial charge in [0.1, 0.15) is 0 Å². The van der Waals surface area contributed by atoms with Crippen molar-refractivity contribution < 1.29 is 18.9 Å². The van der Waals surface area contributed by atoms with E-state index in [9.17, 15) is 19.7 Å². The van der Waals surface area contributed by atoms with Gasteiger partial charge in [0.25, 0.3) is 17.5 Å². The fourth-order valence-electron chi connectivity index (χ4n) is 2.33. The van der Waals surface area contributed by atoms with Crippen molar-refractivity contribution in [1.82, 2.24) is 5.32 Å². The van der Waals surface area contributed by atoms with Crippen molar-refractivity contribution in [3.05, 3.63) is 93.9 Å². The van der Waals surface area contributed by atoms with Crippen LogP contribution >= 0.6 is 0 Å². The number of nitro benzene ring substituents is 1. The van der Waals surface area contributed by atoms with Gasteiger partial charge in [0.05, 0.1) is 11.2 Å². The van der Waals surface area contributed by atoms with Crippen LogP contribution in [0.5, 0.6) is 0 Å². The highest BCUT2D eigenvalue weighted by molar-refractivity contribution is 6.02. The zero-order valence-electron chi connectivity index (χ0n) is 14.0. The van der Waals surface area contributed by atoms with E-state index in [-0.39, 0.29) is 29.8 Å². The Kier molecular flexibility index (Phi) is 5.27. The summed E-state index contributed by atoms with van der Waals surface area (Å²) in [6, 6.07) is 15.5. The quantitative estimate of drug-likeness (QED) is 0.513. The predicted molar refractivity (Wildman–Crippen MR) is 97.4 cm³/mol. The largest absolute Gasteiger partial charge is 0.459 e. The Morgan fingerprint density at radius 2 is 1.67 bits per heavy atom. The maximum atomic E-state index is 12.1. The smallest absolute Gasteiger partial charge is 0.291 e. The molecule has 1 heterocycles. The zero-order valence-corrected chi connectivity index (χ0v) is 14.0. The highest BCUT2D eigenvalue weighted by atomic mass is 16.6. The van der Waals surface area contributed by atoms with Crippen LogP contribution in [0.25, 0.3) is 0 Å². The second-order valence-corrected chi connectivity index (χ2v) is 5.62. The molecular weight excluding hydrogens is 350 g/mol. The van der Waals surface area contributed by atoms with Crippen molar-refractivity contribution in [2.75, 3.05) is 5.32 Å². The molecule has 8 heteroatoms. The maximum absolute atomic E-state index is 12.1. The number of rotatable bonds is 6. The molecule has 0 unspecified atom stereocenters. The van der Waals surface area contributed by atoms with Crippen LogP contribution in [0.15, 0.2) is 71.3 Å². The molecule has 0 saturated carbocycles. The fraction of sp³-hybridized carbons (Fsp3) is 0.0526. The van der Waals surface area contributed by atoms with E-state index in [1.165, 1.54) is 30.5 Å². The van der Waals surface area contributed by atoms with Crippen molar-refractivity contribution in [2.45, 2.75) is 6.54 Å². The first kappa shape index (κ1) is 17.9. The Bertz CT molecular complexity index is 948. The monoisotopic (exact) mass is 365 g/mol. The van der Waals surface area contributed by atoms with Gasteiger partial charge in [-0.15, -0.1) is 0 Å². The summed E-state index contributed by atoms with van der Waals surface area (Å²) in [6.45, 7) is 0.280. The molecule has 2 aromatic carbocycles. The van der Waals surface area contributed by atoms with Crippen LogP contribution in [0.3, 0.4) is 0 Å². The molecule has 0 aliphatic rings. The van der Waals surface area contributed by atoms with Gasteiger partial charge in [0.15, 0.2) is 5.76 Å². The topological polar surface area (TPSA) is 114 Å². The van der Waals surface area contributed by atoms with Gasteiger partial charge in [-0.1, -0.05) is 12.1 Å². The number of nitrogens with one attached hydrogen (secondary N) is 2. The molecule has 136 valence electrons. The second kappa shape index (κ2) is 7.96. The normalized spacial score (nSPS) is 10.2. The van der Waals surface area contributed by atoms with Gasteiger partial charge in [-0.05, 0) is 42.0 Å². The molecule has 0 radical (unpaired) electrons. The minimum absolute atomic E-state index is 0.0706. The predicted octanol–water partition coefficient (Wildman–Crippen LogP) is 3.37. The number of non-ortho nitro benzene ring substituents is 1. The first-order valence-corrected chi connectivity index (χ1v) is 7.99. The van der Waals surface area contributed by atoms with E-state index in [0.717, 1.165) is 5.56 Å². The van der Waals surface area contributed by atoms with Gasteiger partial charge in [0.2, 0.25) is 0 Å². The number of carbonyl (C=O) groups excluding carboxylic acids is 2. The van der Waals surface area contributed by atoms with Crippen molar-refractivity contribution in [3.8, 4) is 0 Å². The van der Waals surface area contributed by atoms with Gasteiger partial charge in [-0.25, -0.2) is 0 Å². The molecule has 0 saturated heterocycles. The molecule has 27 heavy (non-hydrogen) atoms. The number of nitrogens with zero attached hydrogens (tertiary/aromatic N) is 1. The first-order valence-electron chi connectivity index (χ1n) is 7.99. The summed E-state index contributed by atoms with van der Waals surface area (Å²) in [5.74, 6) is -0.464. The van der Waals surface area contributed by atoms with Crippen LogP contribution in [0, 0.1) is 10.1 Å². The van der Waals surface area contributed by atoms with Crippen molar-refractivity contribution in [3.63, 3.8) is 0 Å². The molecule has 2 N–H and O–H groups in total. The van der Waals surface area contributed by atoms with Crippen molar-refractivity contribution in [1.29, 1.82) is 0 Å². The molecule has 0 aliphatic heterocycles.